The lowest BCUT2D eigenvalue weighted by molar-refractivity contribution is 0.203. The summed E-state index contributed by atoms with van der Waals surface area (Å²) in [5.41, 5.74) is 0. The third-order valence-corrected chi connectivity index (χ3v) is 3.63. The summed E-state index contributed by atoms with van der Waals surface area (Å²) < 4.78 is 0. The van der Waals surface area contributed by atoms with Crippen molar-refractivity contribution in [2.24, 2.45) is 0 Å². The zero-order valence-electron chi connectivity index (χ0n) is 11.5. The van der Waals surface area contributed by atoms with Crippen molar-refractivity contribution in [3.63, 3.8) is 0 Å². The minimum atomic E-state index is 0.731. The summed E-state index contributed by atoms with van der Waals surface area (Å²) in [7, 11) is 6.59. The van der Waals surface area contributed by atoms with Crippen molar-refractivity contribution in [3.8, 4) is 0 Å². The average Bonchev–Trinajstić information content (AvgIpc) is 2.66. The van der Waals surface area contributed by atoms with Crippen molar-refractivity contribution in [3.05, 3.63) is 0 Å². The quantitative estimate of drug-likeness (QED) is 0.709. The van der Waals surface area contributed by atoms with Crippen LogP contribution in [0.4, 0.5) is 0 Å². The lowest BCUT2D eigenvalue weighted by Crippen LogP contribution is -2.45. The van der Waals surface area contributed by atoms with Crippen LogP contribution < -0.4 is 5.32 Å². The highest BCUT2D eigenvalue weighted by Crippen LogP contribution is 2.23. The van der Waals surface area contributed by atoms with Gasteiger partial charge in [-0.1, -0.05) is 13.3 Å². The Morgan fingerprint density at radius 2 is 1.88 bits per heavy atom. The number of nitrogens with zero attached hydrogens (tertiary/aromatic N) is 2. The van der Waals surface area contributed by atoms with E-state index in [1.807, 2.05) is 0 Å². The SMILES string of the molecule is CCNC1CCCC1N(C)CCCN(C)C. The Balaban J connectivity index is 2.26. The van der Waals surface area contributed by atoms with Crippen molar-refractivity contribution < 1.29 is 0 Å². The van der Waals surface area contributed by atoms with E-state index in [9.17, 15) is 0 Å². The van der Waals surface area contributed by atoms with Crippen molar-refractivity contribution in [2.45, 2.75) is 44.7 Å². The standard InChI is InChI=1S/C13H29N3/c1-5-14-12-8-6-9-13(12)16(4)11-7-10-15(2)3/h12-14H,5-11H2,1-4H3. The highest BCUT2D eigenvalue weighted by atomic mass is 15.2. The molecule has 0 saturated heterocycles. The van der Waals surface area contributed by atoms with E-state index >= 15 is 0 Å². The minimum absolute atomic E-state index is 0.731. The first-order valence-corrected chi connectivity index (χ1v) is 6.73. The summed E-state index contributed by atoms with van der Waals surface area (Å²) >= 11 is 0. The van der Waals surface area contributed by atoms with Crippen LogP contribution in [0.5, 0.6) is 0 Å². The van der Waals surface area contributed by atoms with Gasteiger partial charge < -0.3 is 15.1 Å². The average molecular weight is 227 g/mol. The Bertz CT molecular complexity index is 182. The highest BCUT2D eigenvalue weighted by molar-refractivity contribution is 4.89. The van der Waals surface area contributed by atoms with Crippen LogP contribution in [0, 0.1) is 0 Å². The highest BCUT2D eigenvalue weighted by Gasteiger charge is 2.29. The summed E-state index contributed by atoms with van der Waals surface area (Å²) in [6.07, 6.45) is 5.39. The maximum absolute atomic E-state index is 3.62. The molecule has 1 saturated carbocycles. The van der Waals surface area contributed by atoms with E-state index in [-0.39, 0.29) is 0 Å². The molecule has 16 heavy (non-hydrogen) atoms. The van der Waals surface area contributed by atoms with Crippen LogP contribution in [0.2, 0.25) is 0 Å². The molecule has 96 valence electrons. The molecule has 0 aromatic heterocycles. The first kappa shape index (κ1) is 13.9. The predicted molar refractivity (Wildman–Crippen MR) is 70.9 cm³/mol. The molecule has 0 aromatic carbocycles. The first-order valence-electron chi connectivity index (χ1n) is 6.73. The van der Waals surface area contributed by atoms with Crippen molar-refractivity contribution >= 4 is 0 Å². The molecule has 2 unspecified atom stereocenters. The molecule has 3 nitrogen and oxygen atoms in total. The topological polar surface area (TPSA) is 18.5 Å². The van der Waals surface area contributed by atoms with Gasteiger partial charge in [-0.15, -0.1) is 0 Å². The molecule has 0 spiro atoms. The van der Waals surface area contributed by atoms with Gasteiger partial charge in [0, 0.05) is 12.1 Å². The van der Waals surface area contributed by atoms with Gasteiger partial charge in [0.25, 0.3) is 0 Å². The molecule has 0 aromatic rings. The molecule has 3 heteroatoms. The second-order valence-corrected chi connectivity index (χ2v) is 5.30. The van der Waals surface area contributed by atoms with Crippen LogP contribution in [0.1, 0.15) is 32.6 Å². The van der Waals surface area contributed by atoms with Gasteiger partial charge in [-0.05, 0) is 60.0 Å². The Hall–Kier alpha value is -0.120. The molecule has 1 aliphatic rings. The maximum Gasteiger partial charge on any atom is 0.0246 e. The Morgan fingerprint density at radius 3 is 2.50 bits per heavy atom. The summed E-state index contributed by atoms with van der Waals surface area (Å²) in [6.45, 7) is 5.74. The van der Waals surface area contributed by atoms with Crippen molar-refractivity contribution in [1.82, 2.24) is 15.1 Å². The molecular formula is C13H29N3. The van der Waals surface area contributed by atoms with E-state index < -0.39 is 0 Å². The van der Waals surface area contributed by atoms with E-state index in [1.54, 1.807) is 0 Å². The van der Waals surface area contributed by atoms with Gasteiger partial charge in [0.1, 0.15) is 0 Å². The Labute approximate surface area is 101 Å². The summed E-state index contributed by atoms with van der Waals surface area (Å²) in [5, 5.41) is 3.62. The smallest absolute Gasteiger partial charge is 0.0246 e. The van der Waals surface area contributed by atoms with Gasteiger partial charge >= 0.3 is 0 Å². The molecule has 1 fully saturated rings. The fourth-order valence-corrected chi connectivity index (χ4v) is 2.77. The molecule has 1 rings (SSSR count). The predicted octanol–water partition coefficient (Wildman–Crippen LogP) is 1.40. The molecule has 0 radical (unpaired) electrons. The van der Waals surface area contributed by atoms with Gasteiger partial charge in [-0.3, -0.25) is 0 Å². The third kappa shape index (κ3) is 4.40. The molecule has 0 aliphatic heterocycles. The van der Waals surface area contributed by atoms with E-state index in [2.05, 4.69) is 43.2 Å². The zero-order valence-corrected chi connectivity index (χ0v) is 11.5. The molecule has 1 aliphatic carbocycles. The first-order chi connectivity index (χ1) is 7.65. The molecule has 0 heterocycles. The molecular weight excluding hydrogens is 198 g/mol. The lowest BCUT2D eigenvalue weighted by atomic mass is 10.1. The molecule has 2 atom stereocenters. The fourth-order valence-electron chi connectivity index (χ4n) is 2.77. The molecule has 0 bridgehead atoms. The van der Waals surface area contributed by atoms with Gasteiger partial charge in [0.2, 0.25) is 0 Å². The Kier molecular flexibility index (Phi) is 6.32. The van der Waals surface area contributed by atoms with E-state index in [1.165, 1.54) is 38.8 Å². The zero-order chi connectivity index (χ0) is 12.0. The summed E-state index contributed by atoms with van der Waals surface area (Å²) in [6, 6.07) is 1.50. The third-order valence-electron chi connectivity index (χ3n) is 3.63. The van der Waals surface area contributed by atoms with Crippen LogP contribution in [0.15, 0.2) is 0 Å². The number of rotatable bonds is 7. The van der Waals surface area contributed by atoms with Crippen molar-refractivity contribution in [2.75, 3.05) is 40.8 Å². The largest absolute Gasteiger partial charge is 0.313 e. The van der Waals surface area contributed by atoms with Crippen LogP contribution >= 0.6 is 0 Å². The monoisotopic (exact) mass is 227 g/mol. The second-order valence-electron chi connectivity index (χ2n) is 5.30. The van der Waals surface area contributed by atoms with Crippen LogP contribution in [0.3, 0.4) is 0 Å². The minimum Gasteiger partial charge on any atom is -0.313 e. The van der Waals surface area contributed by atoms with Gasteiger partial charge in [-0.25, -0.2) is 0 Å². The number of hydrogen-bond acceptors (Lipinski definition) is 3. The number of hydrogen-bond donors (Lipinski definition) is 1. The van der Waals surface area contributed by atoms with Gasteiger partial charge in [0.05, 0.1) is 0 Å². The summed E-state index contributed by atoms with van der Waals surface area (Å²) in [4.78, 5) is 4.83. The van der Waals surface area contributed by atoms with Crippen LogP contribution in [-0.4, -0.2) is 62.7 Å². The second kappa shape index (κ2) is 7.25. The molecule has 1 N–H and O–H groups in total. The maximum atomic E-state index is 3.62. The molecule has 0 amide bonds. The lowest BCUT2D eigenvalue weighted by Gasteiger charge is -2.30. The normalized spacial score (nSPS) is 25.9. The van der Waals surface area contributed by atoms with E-state index in [0.29, 0.717) is 0 Å². The fraction of sp³-hybridized carbons (Fsp3) is 1.00. The van der Waals surface area contributed by atoms with Gasteiger partial charge in [-0.2, -0.15) is 0 Å². The number of likely N-dealkylation sites (N-methyl/N-ethyl adjacent to an activating group) is 2. The summed E-state index contributed by atoms with van der Waals surface area (Å²) in [5.74, 6) is 0. The van der Waals surface area contributed by atoms with Crippen LogP contribution in [0.25, 0.3) is 0 Å². The van der Waals surface area contributed by atoms with Crippen LogP contribution in [-0.2, 0) is 0 Å². The van der Waals surface area contributed by atoms with Crippen molar-refractivity contribution in [1.29, 1.82) is 0 Å². The van der Waals surface area contributed by atoms with Gasteiger partial charge in [0.15, 0.2) is 0 Å². The number of nitrogens with one attached hydrogen (secondary N) is 1. The van der Waals surface area contributed by atoms with E-state index in [0.717, 1.165) is 18.6 Å². The van der Waals surface area contributed by atoms with E-state index in [4.69, 9.17) is 0 Å². The Morgan fingerprint density at radius 1 is 1.12 bits per heavy atom.